The first-order chi connectivity index (χ1) is 14.3. The van der Waals surface area contributed by atoms with Crippen LogP contribution in [0.4, 0.5) is 11.5 Å². The molecule has 2 aromatic carbocycles. The maximum atomic E-state index is 13.4. The Balaban J connectivity index is 1.65. The molecular formula is C22H24N4O3S. The smallest absolute Gasteiger partial charge is 0.264 e. The number of sulfonamides is 1. The third-order valence-corrected chi connectivity index (χ3v) is 7.12. The first kappa shape index (κ1) is 20.2. The van der Waals surface area contributed by atoms with Crippen LogP contribution >= 0.6 is 0 Å². The third kappa shape index (κ3) is 3.47. The van der Waals surface area contributed by atoms with Gasteiger partial charge in [0.1, 0.15) is 5.82 Å². The Morgan fingerprint density at radius 2 is 1.90 bits per heavy atom. The average molecular weight is 425 g/mol. The fraction of sp³-hybridized carbons (Fsp3) is 0.273. The Hall–Kier alpha value is -3.13. The van der Waals surface area contributed by atoms with Crippen molar-refractivity contribution in [2.45, 2.75) is 44.2 Å². The zero-order valence-corrected chi connectivity index (χ0v) is 17.9. The van der Waals surface area contributed by atoms with Crippen LogP contribution in [0, 0.1) is 0 Å². The highest BCUT2D eigenvalue weighted by atomic mass is 32.2. The summed E-state index contributed by atoms with van der Waals surface area (Å²) in [7, 11) is -3.81. The lowest BCUT2D eigenvalue weighted by atomic mass is 10.1. The highest BCUT2D eigenvalue weighted by Crippen LogP contribution is 2.36. The second-order valence-corrected chi connectivity index (χ2v) is 9.53. The number of nitrogens with one attached hydrogen (secondary N) is 1. The molecule has 0 saturated heterocycles. The van der Waals surface area contributed by atoms with E-state index >= 15 is 0 Å². The van der Waals surface area contributed by atoms with Crippen molar-refractivity contribution in [1.82, 2.24) is 9.78 Å². The number of anilines is 2. The molecule has 7 nitrogen and oxygen atoms in total. The molecule has 3 aromatic rings. The van der Waals surface area contributed by atoms with Gasteiger partial charge in [0.2, 0.25) is 0 Å². The first-order valence-corrected chi connectivity index (χ1v) is 11.3. The molecule has 1 atom stereocenters. The lowest BCUT2D eigenvalue weighted by Gasteiger charge is -2.24. The largest absolute Gasteiger partial charge is 0.307 e. The van der Waals surface area contributed by atoms with Crippen LogP contribution in [-0.2, 0) is 16.4 Å². The number of para-hydroxylation sites is 1. The molecule has 0 bridgehead atoms. The summed E-state index contributed by atoms with van der Waals surface area (Å²) in [6.45, 7) is 5.82. The van der Waals surface area contributed by atoms with Gasteiger partial charge in [0.05, 0.1) is 16.8 Å². The van der Waals surface area contributed by atoms with Crippen LogP contribution in [-0.4, -0.2) is 30.1 Å². The summed E-state index contributed by atoms with van der Waals surface area (Å²) in [5, 5.41) is 7.01. The predicted molar refractivity (Wildman–Crippen MR) is 116 cm³/mol. The number of nitrogens with zero attached hydrogens (tertiary/aromatic N) is 3. The van der Waals surface area contributed by atoms with Crippen molar-refractivity contribution < 1.29 is 13.2 Å². The second-order valence-electron chi connectivity index (χ2n) is 7.72. The Morgan fingerprint density at radius 1 is 1.13 bits per heavy atom. The van der Waals surface area contributed by atoms with Gasteiger partial charge in [-0.15, -0.1) is 0 Å². The number of rotatable bonds is 5. The maximum absolute atomic E-state index is 13.4. The molecule has 0 saturated carbocycles. The Labute approximate surface area is 176 Å². The van der Waals surface area contributed by atoms with Crippen LogP contribution in [0.3, 0.4) is 0 Å². The van der Waals surface area contributed by atoms with Crippen molar-refractivity contribution in [2.75, 3.05) is 9.62 Å². The van der Waals surface area contributed by atoms with Crippen molar-refractivity contribution in [3.8, 4) is 0 Å². The molecule has 156 valence electrons. The predicted octanol–water partition coefficient (Wildman–Crippen LogP) is 3.86. The van der Waals surface area contributed by atoms with E-state index in [1.54, 1.807) is 29.1 Å². The highest BCUT2D eigenvalue weighted by Gasteiger charge is 2.36. The van der Waals surface area contributed by atoms with Gasteiger partial charge in [-0.2, -0.15) is 5.10 Å². The van der Waals surface area contributed by atoms with E-state index < -0.39 is 10.0 Å². The monoisotopic (exact) mass is 424 g/mol. The van der Waals surface area contributed by atoms with Gasteiger partial charge >= 0.3 is 0 Å². The number of carbonyl (C=O) groups excluding carboxylic acids is 1. The number of amides is 1. The zero-order chi connectivity index (χ0) is 21.5. The van der Waals surface area contributed by atoms with Crippen LogP contribution in [0.15, 0.2) is 65.7 Å². The number of fused-ring (bicyclic) bond motifs is 1. The van der Waals surface area contributed by atoms with E-state index in [0.29, 0.717) is 17.9 Å². The van der Waals surface area contributed by atoms with Gasteiger partial charge in [0.15, 0.2) is 0 Å². The van der Waals surface area contributed by atoms with Crippen molar-refractivity contribution in [3.05, 3.63) is 71.9 Å². The Morgan fingerprint density at radius 3 is 2.67 bits per heavy atom. The molecular weight excluding hydrogens is 400 g/mol. The lowest BCUT2D eigenvalue weighted by molar-refractivity contribution is 0.102. The second kappa shape index (κ2) is 7.60. The molecule has 0 aliphatic carbocycles. The molecule has 1 amide bonds. The van der Waals surface area contributed by atoms with Gasteiger partial charge in [0.25, 0.3) is 15.9 Å². The van der Waals surface area contributed by atoms with Gasteiger partial charge in [-0.3, -0.25) is 9.10 Å². The number of carbonyl (C=O) groups is 1. The minimum atomic E-state index is -3.81. The SMILES string of the molecule is CC1Cc2ccccc2N1S(=O)(=O)c1cccc(C(=O)Nc2ccnn2C(C)C)c1. The van der Waals surface area contributed by atoms with E-state index in [1.165, 1.54) is 16.4 Å². The van der Waals surface area contributed by atoms with Crippen molar-refractivity contribution in [1.29, 1.82) is 0 Å². The van der Waals surface area contributed by atoms with Crippen LogP contribution < -0.4 is 9.62 Å². The van der Waals surface area contributed by atoms with Gasteiger partial charge in [-0.1, -0.05) is 24.3 Å². The van der Waals surface area contributed by atoms with Gasteiger partial charge in [-0.05, 0) is 57.0 Å². The summed E-state index contributed by atoms with van der Waals surface area (Å²) in [5.74, 6) is 0.176. The minimum absolute atomic E-state index is 0.0822. The first-order valence-electron chi connectivity index (χ1n) is 9.86. The minimum Gasteiger partial charge on any atom is -0.307 e. The van der Waals surface area contributed by atoms with Crippen LogP contribution in [0.1, 0.15) is 42.7 Å². The van der Waals surface area contributed by atoms with E-state index in [0.717, 1.165) is 5.56 Å². The average Bonchev–Trinajstić information content (AvgIpc) is 3.31. The van der Waals surface area contributed by atoms with Crippen molar-refractivity contribution >= 4 is 27.4 Å². The van der Waals surface area contributed by atoms with Crippen LogP contribution in [0.25, 0.3) is 0 Å². The van der Waals surface area contributed by atoms with Gasteiger partial charge < -0.3 is 5.32 Å². The molecule has 8 heteroatoms. The summed E-state index contributed by atoms with van der Waals surface area (Å²) < 4.78 is 30.0. The van der Waals surface area contributed by atoms with E-state index in [-0.39, 0.29) is 28.4 Å². The van der Waals surface area contributed by atoms with E-state index in [2.05, 4.69) is 10.4 Å². The number of aromatic nitrogens is 2. The zero-order valence-electron chi connectivity index (χ0n) is 17.1. The van der Waals surface area contributed by atoms with E-state index in [9.17, 15) is 13.2 Å². The topological polar surface area (TPSA) is 84.3 Å². The quantitative estimate of drug-likeness (QED) is 0.674. The molecule has 1 aliphatic heterocycles. The fourth-order valence-electron chi connectivity index (χ4n) is 3.83. The molecule has 30 heavy (non-hydrogen) atoms. The normalized spacial score (nSPS) is 16.0. The Bertz CT molecular complexity index is 1200. The molecule has 1 aliphatic rings. The van der Waals surface area contributed by atoms with Crippen molar-refractivity contribution in [2.24, 2.45) is 0 Å². The van der Waals surface area contributed by atoms with Crippen LogP contribution in [0.5, 0.6) is 0 Å². The fourth-order valence-corrected chi connectivity index (χ4v) is 5.57. The summed E-state index contributed by atoms with van der Waals surface area (Å²) in [6, 6.07) is 15.3. The highest BCUT2D eigenvalue weighted by molar-refractivity contribution is 7.92. The molecule has 0 spiro atoms. The third-order valence-electron chi connectivity index (χ3n) is 5.20. The number of benzene rings is 2. The van der Waals surface area contributed by atoms with Gasteiger partial charge in [0, 0.05) is 23.7 Å². The molecule has 0 radical (unpaired) electrons. The van der Waals surface area contributed by atoms with E-state index in [4.69, 9.17) is 0 Å². The van der Waals surface area contributed by atoms with Crippen LogP contribution in [0.2, 0.25) is 0 Å². The number of hydrogen-bond donors (Lipinski definition) is 1. The summed E-state index contributed by atoms with van der Waals surface area (Å²) in [5.41, 5.74) is 1.97. The van der Waals surface area contributed by atoms with E-state index in [1.807, 2.05) is 45.0 Å². The maximum Gasteiger partial charge on any atom is 0.264 e. The summed E-state index contributed by atoms with van der Waals surface area (Å²) >= 11 is 0. The Kier molecular flexibility index (Phi) is 5.11. The lowest BCUT2D eigenvalue weighted by Crippen LogP contribution is -2.35. The molecule has 1 unspecified atom stereocenters. The summed E-state index contributed by atoms with van der Waals surface area (Å²) in [6.07, 6.45) is 2.28. The molecule has 1 aromatic heterocycles. The molecule has 1 N–H and O–H groups in total. The molecule has 0 fully saturated rings. The molecule has 2 heterocycles. The standard InChI is InChI=1S/C22H24N4O3S/c1-15(2)25-21(11-12-23-25)24-22(27)18-8-6-9-19(14-18)30(28,29)26-16(3)13-17-7-4-5-10-20(17)26/h4-12,14-16H,13H2,1-3H3,(H,24,27). The molecule has 4 rings (SSSR count). The van der Waals surface area contributed by atoms with Gasteiger partial charge in [-0.25, -0.2) is 13.1 Å². The number of hydrogen-bond acceptors (Lipinski definition) is 4. The summed E-state index contributed by atoms with van der Waals surface area (Å²) in [4.78, 5) is 12.9. The van der Waals surface area contributed by atoms with Crippen molar-refractivity contribution in [3.63, 3.8) is 0 Å².